The fourth-order valence-corrected chi connectivity index (χ4v) is 8.20. The Morgan fingerprint density at radius 2 is 1.98 bits per heavy atom. The van der Waals surface area contributed by atoms with Crippen molar-refractivity contribution in [1.82, 2.24) is 9.62 Å². The highest BCUT2D eigenvalue weighted by molar-refractivity contribution is 7.96. The molecule has 260 valence electrons. The van der Waals surface area contributed by atoms with Crippen LogP contribution in [-0.4, -0.2) is 70.7 Å². The number of amides is 1. The Balaban J connectivity index is 1.33. The maximum Gasteiger partial charge on any atom is 0.349 e. The minimum atomic E-state index is -1.24. The van der Waals surface area contributed by atoms with E-state index in [0.29, 0.717) is 47.3 Å². The van der Waals surface area contributed by atoms with Crippen LogP contribution >= 0.6 is 34.9 Å². The van der Waals surface area contributed by atoms with Crippen molar-refractivity contribution in [3.63, 3.8) is 0 Å². The van der Waals surface area contributed by atoms with Gasteiger partial charge in [-0.2, -0.15) is 0 Å². The first-order valence-corrected chi connectivity index (χ1v) is 17.9. The summed E-state index contributed by atoms with van der Waals surface area (Å²) < 4.78 is 22.2. The van der Waals surface area contributed by atoms with E-state index in [1.807, 2.05) is 36.4 Å². The van der Waals surface area contributed by atoms with E-state index in [1.54, 1.807) is 11.9 Å². The van der Waals surface area contributed by atoms with Gasteiger partial charge in [0.05, 0.1) is 10.6 Å². The molecule has 1 fully saturated rings. The number of aromatic carboxylic acids is 1. The number of rotatable bonds is 18. The fraction of sp³-hybridized carbons (Fsp3) is 0.441. The number of aliphatic carboxylic acids is 1. The number of thiophene rings is 1. The molecule has 2 atom stereocenters. The van der Waals surface area contributed by atoms with Crippen molar-refractivity contribution >= 4 is 64.6 Å². The number of piperidine rings is 1. The number of nitrogens with zero attached hydrogens (tertiary/aromatic N) is 1. The number of benzene rings is 2. The second-order valence-electron chi connectivity index (χ2n) is 12.5. The number of ether oxygens (including phenoxy) is 1. The first kappa shape index (κ1) is 37.3. The average molecular weight is 721 g/mol. The molecule has 4 rings (SSSR count). The molecule has 1 aliphatic rings. The van der Waals surface area contributed by atoms with E-state index in [9.17, 15) is 23.9 Å². The molecule has 0 saturated carbocycles. The SMILES string of the molecule is CC(CCNC=O)CCNc1cc(CSN2CCC(Nc3cccc(-c4sc(C(=O)O)c(OCC(=O)O)c4Cl)c3)CC2(C)C)ccc1F. The van der Waals surface area contributed by atoms with Crippen molar-refractivity contribution < 1.29 is 33.7 Å². The second kappa shape index (κ2) is 17.2. The Kier molecular flexibility index (Phi) is 13.4. The predicted octanol–water partition coefficient (Wildman–Crippen LogP) is 7.45. The highest BCUT2D eigenvalue weighted by atomic mass is 35.5. The molecule has 0 radical (unpaired) electrons. The lowest BCUT2D eigenvalue weighted by atomic mass is 9.89. The van der Waals surface area contributed by atoms with Gasteiger partial charge in [-0.15, -0.1) is 11.3 Å². The van der Waals surface area contributed by atoms with Crippen molar-refractivity contribution in [2.75, 3.05) is 36.9 Å². The molecule has 48 heavy (non-hydrogen) atoms. The number of halogens is 2. The first-order chi connectivity index (χ1) is 22.9. The second-order valence-corrected chi connectivity index (χ2v) is 14.9. The van der Waals surface area contributed by atoms with Crippen molar-refractivity contribution in [3.8, 4) is 16.2 Å². The molecule has 0 spiro atoms. The third-order valence-electron chi connectivity index (χ3n) is 8.18. The van der Waals surface area contributed by atoms with Gasteiger partial charge in [0.1, 0.15) is 10.8 Å². The molecule has 1 saturated heterocycles. The van der Waals surface area contributed by atoms with Gasteiger partial charge in [-0.25, -0.2) is 18.3 Å². The quantitative estimate of drug-likeness (QED) is 0.0512. The molecule has 2 heterocycles. The molecule has 10 nitrogen and oxygen atoms in total. The van der Waals surface area contributed by atoms with Gasteiger partial charge in [0, 0.05) is 42.7 Å². The van der Waals surface area contributed by atoms with Gasteiger partial charge in [0.2, 0.25) is 6.41 Å². The van der Waals surface area contributed by atoms with Gasteiger partial charge in [0.15, 0.2) is 17.2 Å². The lowest BCUT2D eigenvalue weighted by Crippen LogP contribution is -2.49. The Labute approximate surface area is 293 Å². The maximum atomic E-state index is 14.5. The number of carboxylic acids is 2. The Morgan fingerprint density at radius 1 is 1.21 bits per heavy atom. The third-order valence-corrected chi connectivity index (χ3v) is 11.3. The lowest BCUT2D eigenvalue weighted by Gasteiger charge is -2.45. The van der Waals surface area contributed by atoms with E-state index in [0.717, 1.165) is 54.8 Å². The van der Waals surface area contributed by atoms with Crippen LogP contribution in [0, 0.1) is 11.7 Å². The zero-order chi connectivity index (χ0) is 34.8. The predicted molar refractivity (Wildman–Crippen MR) is 191 cm³/mol. The zero-order valence-electron chi connectivity index (χ0n) is 27.2. The standard InChI is InChI=1S/C34H42ClFN4O6S2/c1-21(9-12-37-20-41)10-13-38-27-15-22(7-8-26(27)36)19-47-40-14-11-25(17-34(40,2)3)39-24-6-4-5-23(16-24)31-29(35)30(46-18-28(42)43)32(48-31)33(44)45/h4-8,15-16,20-21,25,38-39H,9-14,17-19H2,1-3H3,(H,37,41)(H,42,43)(H,44,45). The molecule has 1 aliphatic heterocycles. The van der Waals surface area contributed by atoms with Crippen LogP contribution in [0.4, 0.5) is 15.8 Å². The summed E-state index contributed by atoms with van der Waals surface area (Å²) in [7, 11) is 0. The number of anilines is 2. The van der Waals surface area contributed by atoms with Crippen LogP contribution in [0.3, 0.4) is 0 Å². The van der Waals surface area contributed by atoms with Crippen LogP contribution < -0.4 is 20.7 Å². The van der Waals surface area contributed by atoms with Crippen molar-refractivity contribution in [3.05, 3.63) is 63.7 Å². The lowest BCUT2D eigenvalue weighted by molar-refractivity contribution is -0.139. The van der Waals surface area contributed by atoms with Crippen LogP contribution in [0.1, 0.15) is 61.7 Å². The van der Waals surface area contributed by atoms with Crippen LogP contribution in [0.2, 0.25) is 5.02 Å². The monoisotopic (exact) mass is 720 g/mol. The number of carboxylic acid groups (broad SMARTS) is 2. The van der Waals surface area contributed by atoms with Crippen LogP contribution in [-0.2, 0) is 15.3 Å². The molecule has 0 bridgehead atoms. The summed E-state index contributed by atoms with van der Waals surface area (Å²) in [4.78, 5) is 33.6. The van der Waals surface area contributed by atoms with Gasteiger partial charge in [0.25, 0.3) is 0 Å². The first-order valence-electron chi connectivity index (χ1n) is 15.7. The van der Waals surface area contributed by atoms with Crippen LogP contribution in [0.15, 0.2) is 42.5 Å². The number of carbonyl (C=O) groups excluding carboxylic acids is 1. The van der Waals surface area contributed by atoms with Gasteiger partial charge < -0.3 is 30.9 Å². The van der Waals surface area contributed by atoms with E-state index in [4.69, 9.17) is 21.4 Å². The minimum Gasteiger partial charge on any atom is -0.479 e. The summed E-state index contributed by atoms with van der Waals surface area (Å²) in [5.74, 6) is -1.77. The largest absolute Gasteiger partial charge is 0.479 e. The normalized spacial score (nSPS) is 16.6. The van der Waals surface area contributed by atoms with E-state index < -0.39 is 18.5 Å². The van der Waals surface area contributed by atoms with Gasteiger partial charge in [-0.05, 0) is 80.8 Å². The smallest absolute Gasteiger partial charge is 0.349 e. The van der Waals surface area contributed by atoms with Crippen molar-refractivity contribution in [2.24, 2.45) is 5.92 Å². The van der Waals surface area contributed by atoms with Gasteiger partial charge in [-0.3, -0.25) is 4.79 Å². The summed E-state index contributed by atoms with van der Waals surface area (Å²) in [5, 5.41) is 28.2. The molecule has 2 aromatic carbocycles. The summed E-state index contributed by atoms with van der Waals surface area (Å²) in [6.45, 7) is 7.99. The summed E-state index contributed by atoms with van der Waals surface area (Å²) in [6.07, 6.45) is 4.22. The average Bonchev–Trinajstić information content (AvgIpc) is 3.37. The molecular formula is C34H42ClFN4O6S2. The van der Waals surface area contributed by atoms with Gasteiger partial charge in [-0.1, -0.05) is 48.7 Å². The number of nitrogens with one attached hydrogen (secondary N) is 3. The zero-order valence-corrected chi connectivity index (χ0v) is 29.6. The summed E-state index contributed by atoms with van der Waals surface area (Å²) in [6, 6.07) is 13.0. The molecule has 3 aromatic rings. The number of hydrogen-bond donors (Lipinski definition) is 5. The molecular weight excluding hydrogens is 679 g/mol. The van der Waals surface area contributed by atoms with E-state index in [1.165, 1.54) is 6.07 Å². The molecule has 1 aromatic heterocycles. The summed E-state index contributed by atoms with van der Waals surface area (Å²) >= 11 is 9.19. The molecule has 5 N–H and O–H groups in total. The molecule has 0 aliphatic carbocycles. The van der Waals surface area contributed by atoms with E-state index in [2.05, 4.69) is 41.0 Å². The number of hydrogen-bond acceptors (Lipinski definition) is 9. The van der Waals surface area contributed by atoms with Gasteiger partial charge >= 0.3 is 11.9 Å². The Morgan fingerprint density at radius 3 is 2.69 bits per heavy atom. The third kappa shape index (κ3) is 10.2. The highest BCUT2D eigenvalue weighted by Gasteiger charge is 2.35. The van der Waals surface area contributed by atoms with E-state index >= 15 is 0 Å². The minimum absolute atomic E-state index is 0.0705. The molecule has 2 unspecified atom stereocenters. The Hall–Kier alpha value is -3.52. The highest BCUT2D eigenvalue weighted by Crippen LogP contribution is 2.46. The molecule has 1 amide bonds. The Bertz CT molecular complexity index is 1590. The fourth-order valence-electron chi connectivity index (χ4n) is 5.65. The topological polar surface area (TPSA) is 140 Å². The van der Waals surface area contributed by atoms with E-state index in [-0.39, 0.29) is 33.0 Å². The molecule has 14 heteroatoms. The van der Waals surface area contributed by atoms with Crippen molar-refractivity contribution in [1.29, 1.82) is 0 Å². The van der Waals surface area contributed by atoms with Crippen LogP contribution in [0.25, 0.3) is 10.4 Å². The van der Waals surface area contributed by atoms with Crippen LogP contribution in [0.5, 0.6) is 5.75 Å². The number of carbonyl (C=O) groups is 3. The van der Waals surface area contributed by atoms with Crippen molar-refractivity contribution in [2.45, 2.75) is 63.8 Å². The maximum absolute atomic E-state index is 14.5. The summed E-state index contributed by atoms with van der Waals surface area (Å²) in [5.41, 5.74) is 2.97.